The topological polar surface area (TPSA) is 23.8 Å². The predicted molar refractivity (Wildman–Crippen MR) is 53.1 cm³/mol. The van der Waals surface area contributed by atoms with Crippen LogP contribution in [-0.2, 0) is 6.42 Å². The third-order valence-corrected chi connectivity index (χ3v) is 2.54. The largest absolute Gasteiger partial charge is 0.192 e. The lowest BCUT2D eigenvalue weighted by Gasteiger charge is -2.17. The molecule has 64 valence electrons. The van der Waals surface area contributed by atoms with Gasteiger partial charge in [0.05, 0.1) is 11.6 Å². The Kier molecular flexibility index (Phi) is 1.90. The molecule has 0 radical (unpaired) electrons. The molecular weight excluding hydrogens is 158 g/mol. The maximum absolute atomic E-state index is 8.73. The summed E-state index contributed by atoms with van der Waals surface area (Å²) in [6.45, 7) is 4.03. The van der Waals surface area contributed by atoms with Gasteiger partial charge in [0, 0.05) is 0 Å². The summed E-state index contributed by atoms with van der Waals surface area (Å²) in [4.78, 5) is 0. The molecule has 0 saturated carbocycles. The van der Waals surface area contributed by atoms with Crippen LogP contribution in [0.3, 0.4) is 0 Å². The van der Waals surface area contributed by atoms with Crippen molar-refractivity contribution < 1.29 is 0 Å². The molecule has 0 amide bonds. The van der Waals surface area contributed by atoms with Gasteiger partial charge in [-0.2, -0.15) is 5.26 Å². The van der Waals surface area contributed by atoms with Crippen LogP contribution in [0.5, 0.6) is 0 Å². The van der Waals surface area contributed by atoms with E-state index in [1.807, 2.05) is 18.2 Å². The molecule has 13 heavy (non-hydrogen) atoms. The SMILES string of the molecule is C=C1CCCc2cc(C#N)ccc21. The smallest absolute Gasteiger partial charge is 0.0991 e. The van der Waals surface area contributed by atoms with Crippen LogP contribution in [0.2, 0.25) is 0 Å². The number of rotatable bonds is 0. The highest BCUT2D eigenvalue weighted by Gasteiger charge is 2.12. The molecule has 2 rings (SSSR count). The fraction of sp³-hybridized carbons (Fsp3) is 0.250. The van der Waals surface area contributed by atoms with E-state index in [4.69, 9.17) is 5.26 Å². The molecular formula is C12H11N. The van der Waals surface area contributed by atoms with Gasteiger partial charge < -0.3 is 0 Å². The molecule has 0 saturated heterocycles. The highest BCUT2D eigenvalue weighted by molar-refractivity contribution is 5.68. The normalized spacial score (nSPS) is 14.8. The predicted octanol–water partition coefficient (Wildman–Crippen LogP) is 2.91. The molecule has 0 unspecified atom stereocenters. The average Bonchev–Trinajstić information content (AvgIpc) is 2.18. The summed E-state index contributed by atoms with van der Waals surface area (Å²) in [5, 5.41) is 8.73. The first-order valence-electron chi connectivity index (χ1n) is 4.52. The summed E-state index contributed by atoms with van der Waals surface area (Å²) in [5.74, 6) is 0. The minimum atomic E-state index is 0.758. The Balaban J connectivity index is 2.53. The zero-order valence-corrected chi connectivity index (χ0v) is 7.51. The van der Waals surface area contributed by atoms with E-state index < -0.39 is 0 Å². The molecule has 1 heteroatoms. The first-order chi connectivity index (χ1) is 6.31. The van der Waals surface area contributed by atoms with Crippen LogP contribution in [-0.4, -0.2) is 0 Å². The fourth-order valence-corrected chi connectivity index (χ4v) is 1.84. The van der Waals surface area contributed by atoms with Gasteiger partial charge in [-0.25, -0.2) is 0 Å². The molecule has 0 bridgehead atoms. The molecule has 0 fully saturated rings. The van der Waals surface area contributed by atoms with E-state index in [1.165, 1.54) is 23.1 Å². The fourth-order valence-electron chi connectivity index (χ4n) is 1.84. The van der Waals surface area contributed by atoms with E-state index in [1.54, 1.807) is 0 Å². The van der Waals surface area contributed by atoms with Crippen LogP contribution in [0.4, 0.5) is 0 Å². The molecule has 1 aromatic carbocycles. The van der Waals surface area contributed by atoms with Gasteiger partial charge in [-0.05, 0) is 48.1 Å². The maximum Gasteiger partial charge on any atom is 0.0991 e. The van der Waals surface area contributed by atoms with Crippen LogP contribution in [0.25, 0.3) is 5.57 Å². The molecule has 0 heterocycles. The molecule has 1 aliphatic carbocycles. The number of allylic oxidation sites excluding steroid dienone is 1. The first kappa shape index (κ1) is 8.07. The van der Waals surface area contributed by atoms with Crippen molar-refractivity contribution in [1.82, 2.24) is 0 Å². The second-order valence-electron chi connectivity index (χ2n) is 3.44. The highest BCUT2D eigenvalue weighted by atomic mass is 14.2. The quantitative estimate of drug-likeness (QED) is 0.585. The van der Waals surface area contributed by atoms with Crippen LogP contribution >= 0.6 is 0 Å². The zero-order valence-electron chi connectivity index (χ0n) is 7.51. The van der Waals surface area contributed by atoms with Crippen LogP contribution in [0, 0.1) is 11.3 Å². The molecule has 1 aliphatic rings. The Labute approximate surface area is 78.3 Å². The van der Waals surface area contributed by atoms with Crippen molar-refractivity contribution in [1.29, 1.82) is 5.26 Å². The molecule has 0 spiro atoms. The second kappa shape index (κ2) is 3.06. The molecule has 0 N–H and O–H groups in total. The number of hydrogen-bond donors (Lipinski definition) is 0. The van der Waals surface area contributed by atoms with E-state index >= 15 is 0 Å². The van der Waals surface area contributed by atoms with Crippen molar-refractivity contribution in [3.8, 4) is 6.07 Å². The Morgan fingerprint density at radius 3 is 2.92 bits per heavy atom. The highest BCUT2D eigenvalue weighted by Crippen LogP contribution is 2.29. The number of aryl methyl sites for hydroxylation is 1. The minimum Gasteiger partial charge on any atom is -0.192 e. The van der Waals surface area contributed by atoms with Gasteiger partial charge in [-0.15, -0.1) is 0 Å². The van der Waals surface area contributed by atoms with E-state index in [0.717, 1.165) is 18.4 Å². The second-order valence-corrected chi connectivity index (χ2v) is 3.44. The number of nitrogens with zero attached hydrogens (tertiary/aromatic N) is 1. The summed E-state index contributed by atoms with van der Waals surface area (Å²) >= 11 is 0. The third-order valence-electron chi connectivity index (χ3n) is 2.54. The van der Waals surface area contributed by atoms with Gasteiger partial charge in [0.1, 0.15) is 0 Å². The number of nitriles is 1. The molecule has 0 aromatic heterocycles. The van der Waals surface area contributed by atoms with Crippen LogP contribution < -0.4 is 0 Å². The number of fused-ring (bicyclic) bond motifs is 1. The van der Waals surface area contributed by atoms with Crippen LogP contribution in [0.15, 0.2) is 24.8 Å². The van der Waals surface area contributed by atoms with Crippen LogP contribution in [0.1, 0.15) is 29.5 Å². The molecule has 0 atom stereocenters. The summed E-state index contributed by atoms with van der Waals surface area (Å²) in [7, 11) is 0. The Hall–Kier alpha value is -1.55. The van der Waals surface area contributed by atoms with Gasteiger partial charge in [0.15, 0.2) is 0 Å². The summed E-state index contributed by atoms with van der Waals surface area (Å²) in [6.07, 6.45) is 3.35. The Bertz CT molecular complexity index is 396. The lowest BCUT2D eigenvalue weighted by atomic mass is 9.87. The average molecular weight is 169 g/mol. The van der Waals surface area contributed by atoms with E-state index in [2.05, 4.69) is 12.6 Å². The molecule has 1 aromatic rings. The van der Waals surface area contributed by atoms with Crippen molar-refractivity contribution in [2.45, 2.75) is 19.3 Å². The lowest BCUT2D eigenvalue weighted by Crippen LogP contribution is -2.01. The van der Waals surface area contributed by atoms with Crippen molar-refractivity contribution in [3.63, 3.8) is 0 Å². The van der Waals surface area contributed by atoms with Crippen molar-refractivity contribution in [2.75, 3.05) is 0 Å². The molecule has 1 nitrogen and oxygen atoms in total. The third kappa shape index (κ3) is 1.36. The van der Waals surface area contributed by atoms with Gasteiger partial charge in [0.2, 0.25) is 0 Å². The summed E-state index contributed by atoms with van der Waals surface area (Å²) in [5.41, 5.74) is 4.51. The zero-order chi connectivity index (χ0) is 9.26. The summed E-state index contributed by atoms with van der Waals surface area (Å²) in [6, 6.07) is 8.04. The number of benzene rings is 1. The van der Waals surface area contributed by atoms with Crippen molar-refractivity contribution in [3.05, 3.63) is 41.5 Å². The Morgan fingerprint density at radius 1 is 1.31 bits per heavy atom. The van der Waals surface area contributed by atoms with E-state index in [-0.39, 0.29) is 0 Å². The monoisotopic (exact) mass is 169 g/mol. The molecule has 0 aliphatic heterocycles. The van der Waals surface area contributed by atoms with Gasteiger partial charge in [0.25, 0.3) is 0 Å². The lowest BCUT2D eigenvalue weighted by molar-refractivity contribution is 0.823. The summed E-state index contributed by atoms with van der Waals surface area (Å²) < 4.78 is 0. The Morgan fingerprint density at radius 2 is 2.15 bits per heavy atom. The maximum atomic E-state index is 8.73. The van der Waals surface area contributed by atoms with Gasteiger partial charge in [-0.3, -0.25) is 0 Å². The van der Waals surface area contributed by atoms with Crippen molar-refractivity contribution in [2.24, 2.45) is 0 Å². The first-order valence-corrected chi connectivity index (χ1v) is 4.52. The van der Waals surface area contributed by atoms with E-state index in [9.17, 15) is 0 Å². The van der Waals surface area contributed by atoms with Gasteiger partial charge >= 0.3 is 0 Å². The van der Waals surface area contributed by atoms with E-state index in [0.29, 0.717) is 0 Å². The van der Waals surface area contributed by atoms with Gasteiger partial charge in [-0.1, -0.05) is 12.6 Å². The van der Waals surface area contributed by atoms with Crippen molar-refractivity contribution >= 4 is 5.57 Å². The standard InChI is InChI=1S/C12H11N/c1-9-3-2-4-11-7-10(8-13)5-6-12(9)11/h5-7H,1-4H2. The minimum absolute atomic E-state index is 0.758. The number of hydrogen-bond acceptors (Lipinski definition) is 1.